The van der Waals surface area contributed by atoms with Gasteiger partial charge in [-0.1, -0.05) is 0 Å². The van der Waals surface area contributed by atoms with E-state index in [1.54, 1.807) is 50.6 Å². The summed E-state index contributed by atoms with van der Waals surface area (Å²) in [6, 6.07) is 11.3. The lowest BCUT2D eigenvalue weighted by Crippen LogP contribution is -2.31. The molecule has 2 aromatic carbocycles. The maximum atomic E-state index is 12.1. The molecule has 2 aromatic rings. The van der Waals surface area contributed by atoms with Crippen molar-refractivity contribution >= 4 is 11.8 Å². The average Bonchev–Trinajstić information content (AvgIpc) is 2.66. The summed E-state index contributed by atoms with van der Waals surface area (Å²) >= 11 is 0. The second kappa shape index (κ2) is 8.75. The lowest BCUT2D eigenvalue weighted by atomic mass is 10.1. The average molecular weight is 358 g/mol. The van der Waals surface area contributed by atoms with Gasteiger partial charge in [0, 0.05) is 11.1 Å². The Labute approximate surface area is 152 Å². The van der Waals surface area contributed by atoms with E-state index in [9.17, 15) is 9.59 Å². The fourth-order valence-corrected chi connectivity index (χ4v) is 2.40. The third kappa shape index (κ3) is 4.89. The lowest BCUT2D eigenvalue weighted by Gasteiger charge is -2.18. The number of nitrogens with one attached hydrogen (secondary N) is 1. The number of amides is 2. The van der Waals surface area contributed by atoms with E-state index in [4.69, 9.17) is 19.9 Å². The number of rotatable bonds is 8. The van der Waals surface area contributed by atoms with Crippen molar-refractivity contribution < 1.29 is 23.8 Å². The predicted octanol–water partition coefficient (Wildman–Crippen LogP) is 2.06. The zero-order valence-electron chi connectivity index (χ0n) is 14.9. The smallest absolute Gasteiger partial charge is 0.258 e. The van der Waals surface area contributed by atoms with Crippen molar-refractivity contribution in [3.63, 3.8) is 0 Å². The van der Waals surface area contributed by atoms with Crippen molar-refractivity contribution in [3.8, 4) is 17.2 Å². The molecule has 0 heterocycles. The zero-order valence-corrected chi connectivity index (χ0v) is 14.9. The van der Waals surface area contributed by atoms with Crippen LogP contribution in [0.15, 0.2) is 42.5 Å². The van der Waals surface area contributed by atoms with Gasteiger partial charge in [-0.2, -0.15) is 0 Å². The molecule has 0 bridgehead atoms. The minimum Gasteiger partial charge on any atom is -0.497 e. The summed E-state index contributed by atoms with van der Waals surface area (Å²) in [5.41, 5.74) is 6.35. The first-order valence-corrected chi connectivity index (χ1v) is 7.98. The molecule has 0 radical (unpaired) electrons. The molecule has 3 N–H and O–H groups in total. The minimum atomic E-state index is -0.518. The van der Waals surface area contributed by atoms with E-state index in [1.165, 1.54) is 0 Å². The van der Waals surface area contributed by atoms with Crippen LogP contribution in [-0.2, 0) is 4.79 Å². The second-order valence-corrected chi connectivity index (χ2v) is 5.57. The van der Waals surface area contributed by atoms with Gasteiger partial charge in [0.2, 0.25) is 5.91 Å². The molecule has 138 valence electrons. The summed E-state index contributed by atoms with van der Waals surface area (Å²) in [4.78, 5) is 23.2. The lowest BCUT2D eigenvalue weighted by molar-refractivity contribution is -0.123. The quantitative estimate of drug-likeness (QED) is 0.752. The van der Waals surface area contributed by atoms with Crippen LogP contribution >= 0.6 is 0 Å². The Balaban J connectivity index is 1.95. The fraction of sp³-hybridized carbons (Fsp3) is 0.263. The first-order valence-electron chi connectivity index (χ1n) is 7.98. The van der Waals surface area contributed by atoms with Crippen molar-refractivity contribution in [2.75, 3.05) is 20.8 Å². The number of hydrogen-bond donors (Lipinski definition) is 2. The zero-order chi connectivity index (χ0) is 19.1. The normalized spacial score (nSPS) is 11.3. The van der Waals surface area contributed by atoms with Crippen molar-refractivity contribution in [1.82, 2.24) is 5.32 Å². The highest BCUT2D eigenvalue weighted by Gasteiger charge is 2.15. The number of primary amides is 1. The van der Waals surface area contributed by atoms with Crippen LogP contribution < -0.4 is 25.3 Å². The highest BCUT2D eigenvalue weighted by Crippen LogP contribution is 2.29. The van der Waals surface area contributed by atoms with Crippen LogP contribution in [-0.4, -0.2) is 32.6 Å². The molecular weight excluding hydrogens is 336 g/mol. The van der Waals surface area contributed by atoms with Gasteiger partial charge in [-0.15, -0.1) is 0 Å². The van der Waals surface area contributed by atoms with Crippen LogP contribution in [0.3, 0.4) is 0 Å². The van der Waals surface area contributed by atoms with Crippen molar-refractivity contribution in [3.05, 3.63) is 53.6 Å². The molecule has 2 rings (SSSR count). The molecule has 0 spiro atoms. The van der Waals surface area contributed by atoms with Gasteiger partial charge in [0.15, 0.2) is 6.61 Å². The number of carbonyl (C=O) groups excluding carboxylic acids is 2. The topological polar surface area (TPSA) is 99.9 Å². The van der Waals surface area contributed by atoms with Crippen LogP contribution in [0.5, 0.6) is 17.2 Å². The Hall–Kier alpha value is -3.22. The van der Waals surface area contributed by atoms with Gasteiger partial charge in [-0.05, 0) is 49.4 Å². The summed E-state index contributed by atoms with van der Waals surface area (Å²) in [5.74, 6) is 0.989. The maximum absolute atomic E-state index is 12.1. The Bertz CT molecular complexity index is 774. The summed E-state index contributed by atoms with van der Waals surface area (Å²) in [6.07, 6.45) is 0. The van der Waals surface area contributed by atoms with E-state index in [0.29, 0.717) is 22.8 Å². The van der Waals surface area contributed by atoms with Gasteiger partial charge in [0.05, 0.1) is 20.3 Å². The molecule has 0 aliphatic carbocycles. The SMILES string of the molecule is COc1ccc(OC)c([C@@H](C)NC(=O)COc2ccc(C(N)=O)cc2)c1. The molecule has 7 nitrogen and oxygen atoms in total. The van der Waals surface area contributed by atoms with Gasteiger partial charge >= 0.3 is 0 Å². The molecule has 0 aliphatic rings. The van der Waals surface area contributed by atoms with E-state index >= 15 is 0 Å². The summed E-state index contributed by atoms with van der Waals surface area (Å²) in [6.45, 7) is 1.68. The molecule has 0 aliphatic heterocycles. The number of methoxy groups -OCH3 is 2. The Morgan fingerprint density at radius 1 is 1.04 bits per heavy atom. The van der Waals surface area contributed by atoms with E-state index < -0.39 is 5.91 Å². The van der Waals surface area contributed by atoms with Crippen LogP contribution in [0.2, 0.25) is 0 Å². The Kier molecular flexibility index (Phi) is 6.43. The number of ether oxygens (including phenoxy) is 3. The van der Waals surface area contributed by atoms with Gasteiger partial charge in [-0.3, -0.25) is 9.59 Å². The third-order valence-electron chi connectivity index (χ3n) is 3.79. The molecule has 2 amide bonds. The largest absolute Gasteiger partial charge is 0.497 e. The molecule has 26 heavy (non-hydrogen) atoms. The fourth-order valence-electron chi connectivity index (χ4n) is 2.40. The van der Waals surface area contributed by atoms with Crippen LogP contribution in [0.25, 0.3) is 0 Å². The van der Waals surface area contributed by atoms with Crippen LogP contribution in [0.4, 0.5) is 0 Å². The molecule has 0 saturated carbocycles. The molecular formula is C19H22N2O5. The summed E-state index contributed by atoms with van der Waals surface area (Å²) in [7, 11) is 3.14. The monoisotopic (exact) mass is 358 g/mol. The van der Waals surface area contributed by atoms with Gasteiger partial charge in [0.1, 0.15) is 17.2 Å². The van der Waals surface area contributed by atoms with E-state index in [0.717, 1.165) is 5.56 Å². The standard InChI is InChI=1S/C19H22N2O5/c1-12(16-10-15(24-2)8-9-17(16)25-3)21-18(22)11-26-14-6-4-13(5-7-14)19(20)23/h4-10,12H,11H2,1-3H3,(H2,20,23)(H,21,22)/t12-/m1/s1. The molecule has 0 saturated heterocycles. The molecule has 0 fully saturated rings. The van der Waals surface area contributed by atoms with E-state index in [-0.39, 0.29) is 18.6 Å². The minimum absolute atomic E-state index is 0.160. The molecule has 7 heteroatoms. The van der Waals surface area contributed by atoms with Crippen molar-refractivity contribution in [2.24, 2.45) is 5.73 Å². The summed E-state index contributed by atoms with van der Waals surface area (Å²) in [5, 5.41) is 2.85. The highest BCUT2D eigenvalue weighted by atomic mass is 16.5. The first-order chi connectivity index (χ1) is 12.4. The highest BCUT2D eigenvalue weighted by molar-refractivity contribution is 5.92. The van der Waals surface area contributed by atoms with Crippen LogP contribution in [0.1, 0.15) is 28.9 Å². The first kappa shape index (κ1) is 19.1. The van der Waals surface area contributed by atoms with Gasteiger partial charge in [0.25, 0.3) is 5.91 Å². The molecule has 1 atom stereocenters. The van der Waals surface area contributed by atoms with Gasteiger partial charge in [-0.25, -0.2) is 0 Å². The number of carbonyl (C=O) groups is 2. The van der Waals surface area contributed by atoms with E-state index in [2.05, 4.69) is 5.32 Å². The van der Waals surface area contributed by atoms with Crippen molar-refractivity contribution in [1.29, 1.82) is 0 Å². The summed E-state index contributed by atoms with van der Waals surface area (Å²) < 4.78 is 16.0. The van der Waals surface area contributed by atoms with E-state index in [1.807, 2.05) is 13.0 Å². The maximum Gasteiger partial charge on any atom is 0.258 e. The second-order valence-electron chi connectivity index (χ2n) is 5.57. The Morgan fingerprint density at radius 3 is 2.27 bits per heavy atom. The van der Waals surface area contributed by atoms with Crippen LogP contribution in [0, 0.1) is 0 Å². The Morgan fingerprint density at radius 2 is 1.69 bits per heavy atom. The van der Waals surface area contributed by atoms with Crippen molar-refractivity contribution in [2.45, 2.75) is 13.0 Å². The third-order valence-corrected chi connectivity index (χ3v) is 3.79. The van der Waals surface area contributed by atoms with Gasteiger partial charge < -0.3 is 25.3 Å². The predicted molar refractivity (Wildman–Crippen MR) is 96.6 cm³/mol. The molecule has 0 aromatic heterocycles. The molecule has 0 unspecified atom stereocenters. The number of benzene rings is 2. The number of hydrogen-bond acceptors (Lipinski definition) is 5. The number of nitrogens with two attached hydrogens (primary N) is 1.